The summed E-state index contributed by atoms with van der Waals surface area (Å²) >= 11 is 0. The van der Waals surface area contributed by atoms with Crippen LogP contribution in [0.3, 0.4) is 0 Å². The van der Waals surface area contributed by atoms with Crippen molar-refractivity contribution in [3.8, 4) is 11.1 Å². The van der Waals surface area contributed by atoms with Crippen molar-refractivity contribution in [1.29, 1.82) is 0 Å². The van der Waals surface area contributed by atoms with Crippen molar-refractivity contribution in [3.05, 3.63) is 59.2 Å². The average molecular weight is 386 g/mol. The Bertz CT molecular complexity index is 809. The molecule has 0 bridgehead atoms. The molecule has 0 saturated carbocycles. The number of carboxylic acid groups (broad SMARTS) is 1. The van der Waals surface area contributed by atoms with Gasteiger partial charge in [0, 0.05) is 6.54 Å². The first kappa shape index (κ1) is 21.2. The van der Waals surface area contributed by atoms with Crippen LogP contribution in [0.25, 0.3) is 11.1 Å². The fourth-order valence-corrected chi connectivity index (χ4v) is 3.59. The molecule has 2 aromatic rings. The maximum Gasteiger partial charge on any atom is 0.404 e. The lowest BCUT2D eigenvalue weighted by Crippen LogP contribution is -2.40. The second-order valence-corrected chi connectivity index (χ2v) is 13.4. The maximum absolute atomic E-state index is 10.8. The fourth-order valence-electron chi connectivity index (χ4n) is 2.63. The van der Waals surface area contributed by atoms with Crippen LogP contribution in [0.15, 0.2) is 42.5 Å². The molecule has 0 heterocycles. The first-order valence-corrected chi connectivity index (χ1v) is 12.2. The van der Waals surface area contributed by atoms with Crippen LogP contribution < -0.4 is 5.32 Å². The summed E-state index contributed by atoms with van der Waals surface area (Å²) in [5, 5.41) is 11.4. The zero-order valence-corrected chi connectivity index (χ0v) is 18.2. The van der Waals surface area contributed by atoms with Crippen molar-refractivity contribution in [3.63, 3.8) is 0 Å². The van der Waals surface area contributed by atoms with E-state index in [0.29, 0.717) is 13.2 Å². The summed E-state index contributed by atoms with van der Waals surface area (Å²) < 4.78 is 6.35. The van der Waals surface area contributed by atoms with Crippen LogP contribution in [-0.2, 0) is 17.6 Å². The number of carbonyl (C=O) groups is 1. The van der Waals surface area contributed by atoms with E-state index in [-0.39, 0.29) is 5.04 Å². The number of hydrogen-bond acceptors (Lipinski definition) is 2. The summed E-state index contributed by atoms with van der Waals surface area (Å²) in [5.41, 5.74) is 5.43. The maximum atomic E-state index is 10.8. The van der Waals surface area contributed by atoms with Crippen molar-refractivity contribution < 1.29 is 14.3 Å². The van der Waals surface area contributed by atoms with E-state index in [1.807, 2.05) is 19.1 Å². The van der Waals surface area contributed by atoms with Crippen LogP contribution in [0.5, 0.6) is 0 Å². The minimum atomic E-state index is -1.79. The standard InChI is InChI=1S/C22H31NO3Si/c1-16-10-18(14-23-21(24)25)13-20(11-16)19-9-7-8-17(12-19)15-26-27(5,6)22(2,3)4/h7-13,23H,14-15H2,1-6H3,(H,24,25). The van der Waals surface area contributed by atoms with Gasteiger partial charge in [-0.2, -0.15) is 0 Å². The van der Waals surface area contributed by atoms with Crippen LogP contribution in [0.1, 0.15) is 37.5 Å². The molecule has 2 rings (SSSR count). The van der Waals surface area contributed by atoms with Crippen molar-refractivity contribution >= 4 is 14.4 Å². The number of rotatable bonds is 6. The van der Waals surface area contributed by atoms with Crippen molar-refractivity contribution in [2.75, 3.05) is 0 Å². The third kappa shape index (κ3) is 5.94. The predicted molar refractivity (Wildman–Crippen MR) is 113 cm³/mol. The van der Waals surface area contributed by atoms with Crippen molar-refractivity contribution in [2.24, 2.45) is 0 Å². The molecule has 146 valence electrons. The fraction of sp³-hybridized carbons (Fsp3) is 0.409. The van der Waals surface area contributed by atoms with E-state index in [2.05, 4.69) is 69.5 Å². The van der Waals surface area contributed by atoms with Crippen LogP contribution in [0.4, 0.5) is 4.79 Å². The topological polar surface area (TPSA) is 58.6 Å². The van der Waals surface area contributed by atoms with Gasteiger partial charge < -0.3 is 14.8 Å². The summed E-state index contributed by atoms with van der Waals surface area (Å²) in [6, 6.07) is 14.6. The van der Waals surface area contributed by atoms with Crippen LogP contribution in [0.2, 0.25) is 18.1 Å². The zero-order chi connectivity index (χ0) is 20.2. The number of aryl methyl sites for hydroxylation is 1. The van der Waals surface area contributed by atoms with Gasteiger partial charge >= 0.3 is 6.09 Å². The highest BCUT2D eigenvalue weighted by atomic mass is 28.4. The monoisotopic (exact) mass is 385 g/mol. The Morgan fingerprint density at radius 1 is 1.07 bits per heavy atom. The van der Waals surface area contributed by atoms with E-state index in [9.17, 15) is 4.79 Å². The molecule has 0 unspecified atom stereocenters. The van der Waals surface area contributed by atoms with Gasteiger partial charge in [0.1, 0.15) is 0 Å². The highest BCUT2D eigenvalue weighted by Crippen LogP contribution is 2.37. The number of amides is 1. The van der Waals surface area contributed by atoms with Gasteiger partial charge in [-0.05, 0) is 59.4 Å². The van der Waals surface area contributed by atoms with Gasteiger partial charge in [-0.25, -0.2) is 4.79 Å². The number of hydrogen-bond donors (Lipinski definition) is 2. The quantitative estimate of drug-likeness (QED) is 0.604. The van der Waals surface area contributed by atoms with Crippen LogP contribution in [0, 0.1) is 6.92 Å². The van der Waals surface area contributed by atoms with Crippen molar-refractivity contribution in [1.82, 2.24) is 5.32 Å². The molecule has 2 N–H and O–H groups in total. The molecule has 5 heteroatoms. The Kier molecular flexibility index (Phi) is 6.49. The molecule has 0 saturated heterocycles. The van der Waals surface area contributed by atoms with E-state index in [1.165, 1.54) is 0 Å². The molecule has 0 radical (unpaired) electrons. The van der Waals surface area contributed by atoms with E-state index in [0.717, 1.165) is 27.8 Å². The second kappa shape index (κ2) is 8.27. The summed E-state index contributed by atoms with van der Waals surface area (Å²) in [4.78, 5) is 10.8. The minimum Gasteiger partial charge on any atom is -0.465 e. The molecule has 0 aliphatic heterocycles. The molecule has 0 aliphatic rings. The lowest BCUT2D eigenvalue weighted by atomic mass is 9.99. The SMILES string of the molecule is Cc1cc(CNC(=O)O)cc(-c2cccc(CO[Si](C)(C)C(C)(C)C)c2)c1. The van der Waals surface area contributed by atoms with Gasteiger partial charge in [0.2, 0.25) is 0 Å². The molecule has 27 heavy (non-hydrogen) atoms. The Morgan fingerprint density at radius 3 is 2.37 bits per heavy atom. The second-order valence-electron chi connectivity index (χ2n) is 8.62. The number of benzene rings is 2. The molecule has 0 fully saturated rings. The zero-order valence-electron chi connectivity index (χ0n) is 17.2. The third-order valence-corrected chi connectivity index (χ3v) is 9.73. The van der Waals surface area contributed by atoms with E-state index >= 15 is 0 Å². The van der Waals surface area contributed by atoms with Crippen molar-refractivity contribution in [2.45, 2.75) is 59.0 Å². The Balaban J connectivity index is 2.21. The van der Waals surface area contributed by atoms with Gasteiger partial charge in [-0.3, -0.25) is 0 Å². The van der Waals surface area contributed by atoms with Crippen LogP contribution in [-0.4, -0.2) is 19.5 Å². The van der Waals surface area contributed by atoms with Gasteiger partial charge in [-0.15, -0.1) is 0 Å². The normalized spacial score (nSPS) is 12.1. The first-order valence-electron chi connectivity index (χ1n) is 9.28. The molecule has 2 aromatic carbocycles. The molecule has 0 aromatic heterocycles. The molecular formula is C22H31NO3Si. The van der Waals surface area contributed by atoms with E-state index in [1.54, 1.807) is 0 Å². The smallest absolute Gasteiger partial charge is 0.404 e. The number of nitrogens with one attached hydrogen (secondary N) is 1. The summed E-state index contributed by atoms with van der Waals surface area (Å²) in [6.45, 7) is 14.2. The Labute approximate surface area is 163 Å². The highest BCUT2D eigenvalue weighted by molar-refractivity contribution is 6.74. The summed E-state index contributed by atoms with van der Waals surface area (Å²) in [6.07, 6.45) is -1.01. The molecule has 1 amide bonds. The molecule has 0 atom stereocenters. The molecular weight excluding hydrogens is 354 g/mol. The first-order chi connectivity index (χ1) is 12.5. The lowest BCUT2D eigenvalue weighted by Gasteiger charge is -2.36. The lowest BCUT2D eigenvalue weighted by molar-refractivity contribution is 0.194. The van der Waals surface area contributed by atoms with Gasteiger partial charge in [0.15, 0.2) is 8.32 Å². The van der Waals surface area contributed by atoms with Gasteiger partial charge in [-0.1, -0.05) is 56.7 Å². The molecule has 0 aliphatic carbocycles. The van der Waals surface area contributed by atoms with Gasteiger partial charge in [0.05, 0.1) is 6.61 Å². The van der Waals surface area contributed by atoms with Gasteiger partial charge in [0.25, 0.3) is 0 Å². The van der Waals surface area contributed by atoms with E-state index < -0.39 is 14.4 Å². The largest absolute Gasteiger partial charge is 0.465 e. The summed E-state index contributed by atoms with van der Waals surface area (Å²) in [5.74, 6) is 0. The predicted octanol–water partition coefficient (Wildman–Crippen LogP) is 5.95. The molecule has 0 spiro atoms. The minimum absolute atomic E-state index is 0.188. The Hall–Kier alpha value is -2.11. The molecule has 4 nitrogen and oxygen atoms in total. The third-order valence-electron chi connectivity index (χ3n) is 5.25. The average Bonchev–Trinajstić information content (AvgIpc) is 2.57. The van der Waals surface area contributed by atoms with E-state index in [4.69, 9.17) is 9.53 Å². The Morgan fingerprint density at radius 2 is 1.74 bits per heavy atom. The summed E-state index contributed by atoms with van der Waals surface area (Å²) in [7, 11) is -1.79. The highest BCUT2D eigenvalue weighted by Gasteiger charge is 2.36. The van der Waals surface area contributed by atoms with Crippen LogP contribution >= 0.6 is 0 Å².